The predicted molar refractivity (Wildman–Crippen MR) is 70.7 cm³/mol. The highest BCUT2D eigenvalue weighted by Crippen LogP contribution is 2.30. The average Bonchev–Trinajstić information content (AvgIpc) is 3.00. The van der Waals surface area contributed by atoms with Gasteiger partial charge >= 0.3 is 17.9 Å². The van der Waals surface area contributed by atoms with Crippen LogP contribution in [0.3, 0.4) is 0 Å². The monoisotopic (exact) mass is 280 g/mol. The molecular formula is C16H8O5. The van der Waals surface area contributed by atoms with E-state index in [1.54, 1.807) is 24.3 Å². The van der Waals surface area contributed by atoms with Crippen molar-refractivity contribution >= 4 is 17.9 Å². The topological polar surface area (TPSA) is 69.7 Å². The van der Waals surface area contributed by atoms with E-state index >= 15 is 0 Å². The Labute approximate surface area is 119 Å². The number of fused-ring (bicyclic) bond motifs is 2. The third-order valence-electron chi connectivity index (χ3n) is 3.67. The van der Waals surface area contributed by atoms with Gasteiger partial charge in [0.15, 0.2) is 0 Å². The van der Waals surface area contributed by atoms with Crippen molar-refractivity contribution in [3.63, 3.8) is 0 Å². The maximum absolute atomic E-state index is 11.6. The van der Waals surface area contributed by atoms with Crippen LogP contribution in [0.4, 0.5) is 0 Å². The van der Waals surface area contributed by atoms with Crippen LogP contribution in [0.1, 0.15) is 36.6 Å². The van der Waals surface area contributed by atoms with Crippen LogP contribution in [-0.4, -0.2) is 17.9 Å². The van der Waals surface area contributed by atoms with Crippen LogP contribution in [0.15, 0.2) is 36.4 Å². The first-order valence-corrected chi connectivity index (χ1v) is 6.34. The Morgan fingerprint density at radius 3 is 2.19 bits per heavy atom. The summed E-state index contributed by atoms with van der Waals surface area (Å²) in [5.74, 6) is -1.61. The second-order valence-electron chi connectivity index (χ2n) is 4.89. The van der Waals surface area contributed by atoms with Crippen molar-refractivity contribution < 1.29 is 23.9 Å². The maximum Gasteiger partial charge on any atom is 0.346 e. The second-order valence-corrected chi connectivity index (χ2v) is 4.89. The molecule has 0 spiro atoms. The number of esters is 3. The highest BCUT2D eigenvalue weighted by atomic mass is 16.6. The molecule has 0 aliphatic carbocycles. The molecule has 2 aromatic rings. The van der Waals surface area contributed by atoms with E-state index in [4.69, 9.17) is 4.74 Å². The molecular weight excluding hydrogens is 272 g/mol. The number of benzene rings is 2. The first kappa shape index (κ1) is 11.8. The SMILES string of the molecule is O=C1OCc2ccc(-c3ccc4c(c3)C(=O)OC4=O)cc21. The van der Waals surface area contributed by atoms with Crippen molar-refractivity contribution in [3.8, 4) is 11.1 Å². The molecule has 0 saturated carbocycles. The zero-order valence-corrected chi connectivity index (χ0v) is 10.7. The lowest BCUT2D eigenvalue weighted by molar-refractivity contribution is 0.0442. The van der Waals surface area contributed by atoms with Gasteiger partial charge in [0.25, 0.3) is 0 Å². The minimum absolute atomic E-state index is 0.251. The molecule has 5 heteroatoms. The molecule has 2 aliphatic rings. The number of cyclic esters (lactones) is 3. The quantitative estimate of drug-likeness (QED) is 0.592. The Hall–Kier alpha value is -2.95. The Kier molecular flexibility index (Phi) is 2.27. The lowest BCUT2D eigenvalue weighted by Crippen LogP contribution is -1.97. The molecule has 21 heavy (non-hydrogen) atoms. The molecule has 0 bridgehead atoms. The third kappa shape index (κ3) is 1.67. The van der Waals surface area contributed by atoms with Gasteiger partial charge in [-0.1, -0.05) is 18.2 Å². The summed E-state index contributed by atoms with van der Waals surface area (Å²) in [6, 6.07) is 10.3. The van der Waals surface area contributed by atoms with E-state index in [0.717, 1.165) is 16.7 Å². The van der Waals surface area contributed by atoms with Crippen LogP contribution in [0.5, 0.6) is 0 Å². The van der Waals surface area contributed by atoms with Crippen LogP contribution in [0.25, 0.3) is 11.1 Å². The van der Waals surface area contributed by atoms with E-state index < -0.39 is 11.9 Å². The molecule has 0 N–H and O–H groups in total. The molecule has 2 heterocycles. The van der Waals surface area contributed by atoms with Crippen LogP contribution >= 0.6 is 0 Å². The number of hydrogen-bond donors (Lipinski definition) is 0. The van der Waals surface area contributed by atoms with Gasteiger partial charge in [-0.3, -0.25) is 0 Å². The van der Waals surface area contributed by atoms with Crippen LogP contribution in [0.2, 0.25) is 0 Å². The summed E-state index contributed by atoms with van der Waals surface area (Å²) in [6.07, 6.45) is 0. The van der Waals surface area contributed by atoms with Crippen molar-refractivity contribution in [2.75, 3.05) is 0 Å². The fraction of sp³-hybridized carbons (Fsp3) is 0.0625. The van der Waals surface area contributed by atoms with Gasteiger partial charge in [-0.25, -0.2) is 14.4 Å². The summed E-state index contributed by atoms with van der Waals surface area (Å²) in [7, 11) is 0. The van der Waals surface area contributed by atoms with Gasteiger partial charge in [-0.15, -0.1) is 0 Å². The van der Waals surface area contributed by atoms with Crippen LogP contribution in [0, 0.1) is 0 Å². The molecule has 2 aromatic carbocycles. The normalized spacial score (nSPS) is 15.5. The fourth-order valence-corrected chi connectivity index (χ4v) is 2.56. The summed E-state index contributed by atoms with van der Waals surface area (Å²) < 4.78 is 9.52. The molecule has 0 atom stereocenters. The van der Waals surface area contributed by atoms with E-state index in [2.05, 4.69) is 4.74 Å². The summed E-state index contributed by atoms with van der Waals surface area (Å²) >= 11 is 0. The molecule has 102 valence electrons. The third-order valence-corrected chi connectivity index (χ3v) is 3.67. The van der Waals surface area contributed by atoms with Gasteiger partial charge < -0.3 is 9.47 Å². The zero-order chi connectivity index (χ0) is 14.6. The lowest BCUT2D eigenvalue weighted by atomic mass is 9.97. The Balaban J connectivity index is 1.84. The van der Waals surface area contributed by atoms with Crippen molar-refractivity contribution in [3.05, 3.63) is 58.7 Å². The number of carbonyl (C=O) groups excluding carboxylic acids is 3. The van der Waals surface area contributed by atoms with Gasteiger partial charge in [-0.2, -0.15) is 0 Å². The number of rotatable bonds is 1. The zero-order valence-electron chi connectivity index (χ0n) is 10.7. The first-order valence-electron chi connectivity index (χ1n) is 6.34. The largest absolute Gasteiger partial charge is 0.457 e. The molecule has 0 fully saturated rings. The molecule has 5 nitrogen and oxygen atoms in total. The van der Waals surface area contributed by atoms with Gasteiger partial charge in [0.2, 0.25) is 0 Å². The van der Waals surface area contributed by atoms with E-state index in [-0.39, 0.29) is 17.1 Å². The molecule has 0 aromatic heterocycles. The molecule has 0 amide bonds. The van der Waals surface area contributed by atoms with Crippen molar-refractivity contribution in [2.24, 2.45) is 0 Å². The molecule has 0 saturated heterocycles. The van der Waals surface area contributed by atoms with Crippen molar-refractivity contribution in [1.82, 2.24) is 0 Å². The highest BCUT2D eigenvalue weighted by Gasteiger charge is 2.30. The summed E-state index contributed by atoms with van der Waals surface area (Å²) in [4.78, 5) is 34.6. The predicted octanol–water partition coefficient (Wildman–Crippen LogP) is 2.33. The summed E-state index contributed by atoms with van der Waals surface area (Å²) in [5.41, 5.74) is 3.42. The summed E-state index contributed by atoms with van der Waals surface area (Å²) in [5, 5.41) is 0. The minimum atomic E-state index is -0.641. The first-order chi connectivity index (χ1) is 10.1. The standard InChI is InChI=1S/C16H8O5/c17-14-12-5-8(1-2-10(12)7-20-14)9-3-4-11-13(6-9)16(19)21-15(11)18/h1-6H,7H2. The van der Waals surface area contributed by atoms with Crippen molar-refractivity contribution in [1.29, 1.82) is 0 Å². The molecule has 0 radical (unpaired) electrons. The molecule has 2 aliphatic heterocycles. The van der Waals surface area contributed by atoms with Gasteiger partial charge in [0.1, 0.15) is 6.61 Å². The number of hydrogen-bond acceptors (Lipinski definition) is 5. The Morgan fingerprint density at radius 2 is 1.38 bits per heavy atom. The van der Waals surface area contributed by atoms with Crippen molar-refractivity contribution in [2.45, 2.75) is 6.61 Å². The van der Waals surface area contributed by atoms with E-state index in [1.807, 2.05) is 12.1 Å². The lowest BCUT2D eigenvalue weighted by Gasteiger charge is -2.04. The van der Waals surface area contributed by atoms with Gasteiger partial charge in [-0.05, 0) is 29.3 Å². The second kappa shape index (κ2) is 4.02. The Bertz CT molecular complexity index is 835. The molecule has 4 rings (SSSR count). The Morgan fingerprint density at radius 1 is 0.714 bits per heavy atom. The minimum Gasteiger partial charge on any atom is -0.457 e. The fourth-order valence-electron chi connectivity index (χ4n) is 2.56. The van der Waals surface area contributed by atoms with E-state index in [9.17, 15) is 14.4 Å². The average molecular weight is 280 g/mol. The van der Waals surface area contributed by atoms with Gasteiger partial charge in [0.05, 0.1) is 16.7 Å². The number of carbonyl (C=O) groups is 3. The van der Waals surface area contributed by atoms with Crippen LogP contribution < -0.4 is 0 Å². The molecule has 0 unspecified atom stereocenters. The van der Waals surface area contributed by atoms with Gasteiger partial charge in [0, 0.05) is 5.56 Å². The van der Waals surface area contributed by atoms with Crippen LogP contribution in [-0.2, 0) is 16.1 Å². The smallest absolute Gasteiger partial charge is 0.346 e. The van der Waals surface area contributed by atoms with E-state index in [0.29, 0.717) is 12.2 Å². The maximum atomic E-state index is 11.6. The highest BCUT2D eigenvalue weighted by molar-refractivity contribution is 6.15. The summed E-state index contributed by atoms with van der Waals surface area (Å²) in [6.45, 7) is 0.291. The van der Waals surface area contributed by atoms with E-state index in [1.165, 1.54) is 0 Å². The number of ether oxygens (including phenoxy) is 2.